The minimum Gasteiger partial charge on any atom is -0.450 e. The molecule has 0 saturated heterocycles. The summed E-state index contributed by atoms with van der Waals surface area (Å²) < 4.78 is 6.58. The van der Waals surface area contributed by atoms with Gasteiger partial charge in [-0.1, -0.05) is 44.0 Å². The highest BCUT2D eigenvalue weighted by atomic mass is 79.9. The topological polar surface area (TPSA) is 52.4 Å². The van der Waals surface area contributed by atoms with Crippen molar-refractivity contribution in [2.45, 2.75) is 5.33 Å². The smallest absolute Gasteiger partial charge is 0.311 e. The van der Waals surface area contributed by atoms with E-state index in [1.54, 1.807) is 24.3 Å². The first-order chi connectivity index (χ1) is 9.11. The van der Waals surface area contributed by atoms with Crippen LogP contribution in [-0.2, 0) is 5.33 Å². The Balaban J connectivity index is 2.39. The Hall–Kier alpha value is -1.40. The normalized spacial score (nSPS) is 10.2. The number of nitro benzene ring substituents is 1. The van der Waals surface area contributed by atoms with Gasteiger partial charge in [-0.05, 0) is 24.3 Å². The molecule has 0 fully saturated rings. The van der Waals surface area contributed by atoms with Crippen LogP contribution in [0.15, 0.2) is 46.9 Å². The Morgan fingerprint density at radius 3 is 2.58 bits per heavy atom. The van der Waals surface area contributed by atoms with E-state index in [0.717, 1.165) is 10.0 Å². The standard InChI is InChI=1S/C13H9Br2NO3/c14-8-9-7-10(15)5-6-12(9)19-13-4-2-1-3-11(13)16(17)18/h1-7H,8H2. The fraction of sp³-hybridized carbons (Fsp3) is 0.0769. The van der Waals surface area contributed by atoms with Gasteiger partial charge in [0, 0.05) is 21.4 Å². The molecule has 0 saturated carbocycles. The Labute approximate surface area is 126 Å². The molecular weight excluding hydrogens is 378 g/mol. The highest BCUT2D eigenvalue weighted by Gasteiger charge is 2.15. The van der Waals surface area contributed by atoms with Crippen LogP contribution >= 0.6 is 31.9 Å². The van der Waals surface area contributed by atoms with Crippen molar-refractivity contribution in [1.82, 2.24) is 0 Å². The predicted molar refractivity (Wildman–Crippen MR) is 79.9 cm³/mol. The number of hydrogen-bond donors (Lipinski definition) is 0. The fourth-order valence-electron chi connectivity index (χ4n) is 1.56. The summed E-state index contributed by atoms with van der Waals surface area (Å²) in [5.74, 6) is 0.825. The van der Waals surface area contributed by atoms with Crippen molar-refractivity contribution in [3.8, 4) is 11.5 Å². The zero-order valence-electron chi connectivity index (χ0n) is 9.68. The summed E-state index contributed by atoms with van der Waals surface area (Å²) in [5, 5.41) is 11.5. The maximum atomic E-state index is 10.9. The lowest BCUT2D eigenvalue weighted by molar-refractivity contribution is -0.385. The molecule has 0 aliphatic rings. The van der Waals surface area contributed by atoms with E-state index in [9.17, 15) is 10.1 Å². The molecule has 0 unspecified atom stereocenters. The first-order valence-corrected chi connectivity index (χ1v) is 7.29. The second-order valence-electron chi connectivity index (χ2n) is 3.71. The van der Waals surface area contributed by atoms with E-state index in [0.29, 0.717) is 11.1 Å². The maximum absolute atomic E-state index is 10.9. The molecule has 0 aliphatic carbocycles. The summed E-state index contributed by atoms with van der Waals surface area (Å²) in [4.78, 5) is 10.5. The predicted octanol–water partition coefficient (Wildman–Crippen LogP) is 5.04. The molecule has 4 nitrogen and oxygen atoms in total. The Morgan fingerprint density at radius 2 is 1.89 bits per heavy atom. The Kier molecular flexibility index (Phi) is 4.55. The molecule has 6 heteroatoms. The Bertz CT molecular complexity index is 617. The molecule has 19 heavy (non-hydrogen) atoms. The van der Waals surface area contributed by atoms with Crippen LogP contribution in [0, 0.1) is 10.1 Å². The lowest BCUT2D eigenvalue weighted by atomic mass is 10.2. The molecule has 0 aromatic heterocycles. The van der Waals surface area contributed by atoms with Gasteiger partial charge in [-0.2, -0.15) is 0 Å². The monoisotopic (exact) mass is 385 g/mol. The summed E-state index contributed by atoms with van der Waals surface area (Å²) in [6.07, 6.45) is 0. The van der Waals surface area contributed by atoms with Crippen LogP contribution < -0.4 is 4.74 Å². The minimum absolute atomic E-state index is 0.0501. The molecule has 0 heterocycles. The van der Waals surface area contributed by atoms with Crippen LogP contribution in [0.5, 0.6) is 11.5 Å². The lowest BCUT2D eigenvalue weighted by Crippen LogP contribution is -1.95. The van der Waals surface area contributed by atoms with E-state index < -0.39 is 4.92 Å². The molecule has 0 atom stereocenters. The molecule has 0 amide bonds. The largest absolute Gasteiger partial charge is 0.450 e. The average Bonchev–Trinajstić information content (AvgIpc) is 2.41. The number of rotatable bonds is 4. The molecule has 98 valence electrons. The quantitative estimate of drug-likeness (QED) is 0.420. The summed E-state index contributed by atoms with van der Waals surface area (Å²) in [6, 6.07) is 11.8. The van der Waals surface area contributed by atoms with Crippen molar-refractivity contribution in [2.75, 3.05) is 0 Å². The van der Waals surface area contributed by atoms with Gasteiger partial charge in [-0.15, -0.1) is 0 Å². The number of ether oxygens (including phenoxy) is 1. The molecule has 0 spiro atoms. The van der Waals surface area contributed by atoms with E-state index in [1.807, 2.05) is 12.1 Å². The number of nitro groups is 1. The third-order valence-corrected chi connectivity index (χ3v) is 3.55. The number of halogens is 2. The van der Waals surface area contributed by atoms with Gasteiger partial charge in [0.15, 0.2) is 0 Å². The molecular formula is C13H9Br2NO3. The number of benzene rings is 2. The first kappa shape index (κ1) is 14.0. The molecule has 0 radical (unpaired) electrons. The van der Waals surface area contributed by atoms with Crippen molar-refractivity contribution in [2.24, 2.45) is 0 Å². The van der Waals surface area contributed by atoms with Gasteiger partial charge in [-0.25, -0.2) is 0 Å². The molecule has 2 rings (SSSR count). The van der Waals surface area contributed by atoms with Gasteiger partial charge in [-0.3, -0.25) is 10.1 Å². The number of hydrogen-bond acceptors (Lipinski definition) is 3. The third-order valence-electron chi connectivity index (χ3n) is 2.45. The summed E-state index contributed by atoms with van der Waals surface area (Å²) in [7, 11) is 0. The average molecular weight is 387 g/mol. The highest BCUT2D eigenvalue weighted by Crippen LogP contribution is 2.34. The van der Waals surface area contributed by atoms with Crippen LogP contribution in [0.1, 0.15) is 5.56 Å². The second kappa shape index (κ2) is 6.16. The SMILES string of the molecule is O=[N+]([O-])c1ccccc1Oc1ccc(Br)cc1CBr. The van der Waals surface area contributed by atoms with Crippen molar-refractivity contribution >= 4 is 37.5 Å². The zero-order chi connectivity index (χ0) is 13.8. The van der Waals surface area contributed by atoms with Crippen LogP contribution in [0.3, 0.4) is 0 Å². The van der Waals surface area contributed by atoms with Gasteiger partial charge in [0.2, 0.25) is 5.75 Å². The van der Waals surface area contributed by atoms with Gasteiger partial charge < -0.3 is 4.74 Å². The van der Waals surface area contributed by atoms with Crippen LogP contribution in [-0.4, -0.2) is 4.92 Å². The van der Waals surface area contributed by atoms with E-state index in [2.05, 4.69) is 31.9 Å². The molecule has 2 aromatic carbocycles. The van der Waals surface area contributed by atoms with E-state index in [-0.39, 0.29) is 11.4 Å². The number of nitrogens with zero attached hydrogens (tertiary/aromatic N) is 1. The van der Waals surface area contributed by atoms with Crippen LogP contribution in [0.25, 0.3) is 0 Å². The van der Waals surface area contributed by atoms with Gasteiger partial charge in [0.25, 0.3) is 0 Å². The number of para-hydroxylation sites is 2. The van der Waals surface area contributed by atoms with E-state index in [1.165, 1.54) is 6.07 Å². The third kappa shape index (κ3) is 3.33. The Morgan fingerprint density at radius 1 is 1.16 bits per heavy atom. The van der Waals surface area contributed by atoms with Gasteiger partial charge in [0.1, 0.15) is 5.75 Å². The maximum Gasteiger partial charge on any atom is 0.311 e. The zero-order valence-corrected chi connectivity index (χ0v) is 12.8. The van der Waals surface area contributed by atoms with E-state index >= 15 is 0 Å². The van der Waals surface area contributed by atoms with Crippen LogP contribution in [0.4, 0.5) is 5.69 Å². The fourth-order valence-corrected chi connectivity index (χ4v) is 2.41. The van der Waals surface area contributed by atoms with Crippen LogP contribution in [0.2, 0.25) is 0 Å². The minimum atomic E-state index is -0.456. The highest BCUT2D eigenvalue weighted by molar-refractivity contribution is 9.10. The first-order valence-electron chi connectivity index (χ1n) is 5.37. The van der Waals surface area contributed by atoms with Gasteiger partial charge in [0.05, 0.1) is 4.92 Å². The lowest BCUT2D eigenvalue weighted by Gasteiger charge is -2.10. The van der Waals surface area contributed by atoms with Crippen molar-refractivity contribution < 1.29 is 9.66 Å². The summed E-state index contributed by atoms with van der Waals surface area (Å²) >= 11 is 6.74. The van der Waals surface area contributed by atoms with Crippen molar-refractivity contribution in [1.29, 1.82) is 0 Å². The summed E-state index contributed by atoms with van der Waals surface area (Å²) in [5.41, 5.74) is 0.860. The molecule has 2 aromatic rings. The number of alkyl halides is 1. The van der Waals surface area contributed by atoms with E-state index in [4.69, 9.17) is 4.74 Å². The molecule has 0 aliphatic heterocycles. The van der Waals surface area contributed by atoms with Gasteiger partial charge >= 0.3 is 5.69 Å². The van der Waals surface area contributed by atoms with Crippen molar-refractivity contribution in [3.63, 3.8) is 0 Å². The molecule has 0 N–H and O–H groups in total. The summed E-state index contributed by atoms with van der Waals surface area (Å²) in [6.45, 7) is 0. The van der Waals surface area contributed by atoms with Crippen molar-refractivity contribution in [3.05, 3.63) is 62.6 Å². The molecule has 0 bridgehead atoms. The second-order valence-corrected chi connectivity index (χ2v) is 5.19.